The molecule has 4 heteroatoms. The maximum absolute atomic E-state index is 10.3. The molecule has 0 unspecified atom stereocenters. The molecule has 8 aromatic rings. The molecule has 0 aliphatic carbocycles. The van der Waals surface area contributed by atoms with Crippen LogP contribution in [-0.4, -0.2) is 9.13 Å². The summed E-state index contributed by atoms with van der Waals surface area (Å²) in [4.78, 5) is 0. The molecule has 2 heterocycles. The number of aromatic nitrogens is 2. The number of rotatable bonds is 3. The van der Waals surface area contributed by atoms with Crippen molar-refractivity contribution in [1.82, 2.24) is 9.13 Å². The molecule has 0 spiro atoms. The summed E-state index contributed by atoms with van der Waals surface area (Å²) < 4.78 is 4.56. The smallest absolute Gasteiger partial charge is 0.101 e. The van der Waals surface area contributed by atoms with E-state index in [9.17, 15) is 10.5 Å². The lowest BCUT2D eigenvalue weighted by molar-refractivity contribution is 1.17. The predicted molar refractivity (Wildman–Crippen MR) is 170 cm³/mol. The number of hydrogen-bond donors (Lipinski definition) is 0. The molecule has 42 heavy (non-hydrogen) atoms. The third-order valence-corrected chi connectivity index (χ3v) is 8.20. The summed E-state index contributed by atoms with van der Waals surface area (Å²) in [6.45, 7) is 0. The van der Waals surface area contributed by atoms with Crippen molar-refractivity contribution in [3.8, 4) is 34.6 Å². The van der Waals surface area contributed by atoms with Crippen LogP contribution in [0, 0.1) is 22.7 Å². The van der Waals surface area contributed by atoms with E-state index in [0.29, 0.717) is 11.1 Å². The Morgan fingerprint density at radius 3 is 1.93 bits per heavy atom. The summed E-state index contributed by atoms with van der Waals surface area (Å²) in [6, 6.07) is 50.0. The van der Waals surface area contributed by atoms with Gasteiger partial charge >= 0.3 is 0 Å². The van der Waals surface area contributed by atoms with E-state index in [1.807, 2.05) is 48.5 Å². The molecule has 4 nitrogen and oxygen atoms in total. The lowest BCUT2D eigenvalue weighted by Gasteiger charge is -2.14. The largest absolute Gasteiger partial charge is 0.309 e. The van der Waals surface area contributed by atoms with E-state index < -0.39 is 0 Å². The second-order valence-electron chi connectivity index (χ2n) is 10.4. The molecule has 6 aromatic carbocycles. The highest BCUT2D eigenvalue weighted by molar-refractivity contribution is 6.26. The first-order chi connectivity index (χ1) is 20.8. The number of nitrogens with zero attached hydrogens (tertiary/aromatic N) is 4. The number of nitriles is 2. The van der Waals surface area contributed by atoms with Gasteiger partial charge in [-0.2, -0.15) is 10.5 Å². The zero-order valence-electron chi connectivity index (χ0n) is 22.5. The van der Waals surface area contributed by atoms with Crippen molar-refractivity contribution < 1.29 is 0 Å². The molecule has 0 atom stereocenters. The van der Waals surface area contributed by atoms with Gasteiger partial charge in [-0.1, -0.05) is 84.9 Å². The lowest BCUT2D eigenvalue weighted by Crippen LogP contribution is -1.99. The van der Waals surface area contributed by atoms with Gasteiger partial charge in [0.2, 0.25) is 0 Å². The van der Waals surface area contributed by atoms with Gasteiger partial charge in [0.25, 0.3) is 0 Å². The van der Waals surface area contributed by atoms with Gasteiger partial charge in [-0.05, 0) is 59.7 Å². The van der Waals surface area contributed by atoms with Crippen LogP contribution in [0.5, 0.6) is 0 Å². The van der Waals surface area contributed by atoms with Crippen molar-refractivity contribution in [3.63, 3.8) is 0 Å². The van der Waals surface area contributed by atoms with E-state index >= 15 is 0 Å². The standard InChI is InChI=1S/C38H22N4/c39-23-26-10-4-5-13-29(26)25-18-19-27(24-40)36(22-25)42-33-16-8-6-14-30(33)31-20-21-35-37(38(31)42)32-15-7-9-17-34(32)41(35)28-11-2-1-3-12-28/h1-22H. The molecule has 0 saturated heterocycles. The van der Waals surface area contributed by atoms with Crippen LogP contribution in [0.25, 0.3) is 66.1 Å². The van der Waals surface area contributed by atoms with Gasteiger partial charge in [0.15, 0.2) is 0 Å². The van der Waals surface area contributed by atoms with Gasteiger partial charge < -0.3 is 9.13 Å². The van der Waals surface area contributed by atoms with E-state index in [0.717, 1.165) is 66.1 Å². The van der Waals surface area contributed by atoms with E-state index in [1.54, 1.807) is 0 Å². The van der Waals surface area contributed by atoms with Gasteiger partial charge in [-0.3, -0.25) is 0 Å². The minimum absolute atomic E-state index is 0.569. The molecular formula is C38H22N4. The molecule has 8 rings (SSSR count). The molecular weight excluding hydrogens is 512 g/mol. The van der Waals surface area contributed by atoms with Crippen molar-refractivity contribution in [2.24, 2.45) is 0 Å². The highest BCUT2D eigenvalue weighted by atomic mass is 15.0. The topological polar surface area (TPSA) is 57.4 Å². The fourth-order valence-electron chi connectivity index (χ4n) is 6.43. The van der Waals surface area contributed by atoms with Crippen LogP contribution >= 0.6 is 0 Å². The molecule has 0 N–H and O–H groups in total. The quantitative estimate of drug-likeness (QED) is 0.227. The second-order valence-corrected chi connectivity index (χ2v) is 10.4. The van der Waals surface area contributed by atoms with Gasteiger partial charge in [-0.15, -0.1) is 0 Å². The third kappa shape index (κ3) is 3.33. The Kier molecular flexibility index (Phi) is 5.22. The van der Waals surface area contributed by atoms with Crippen LogP contribution in [0.1, 0.15) is 11.1 Å². The van der Waals surface area contributed by atoms with Gasteiger partial charge in [0, 0.05) is 27.2 Å². The first-order valence-electron chi connectivity index (χ1n) is 13.8. The number of fused-ring (bicyclic) bond motifs is 7. The summed E-state index contributed by atoms with van der Waals surface area (Å²) in [5, 5.41) is 24.7. The molecule has 0 aliphatic rings. The highest BCUT2D eigenvalue weighted by Gasteiger charge is 2.22. The number of para-hydroxylation sites is 3. The first-order valence-corrected chi connectivity index (χ1v) is 13.8. The van der Waals surface area contributed by atoms with Crippen LogP contribution < -0.4 is 0 Å². The van der Waals surface area contributed by atoms with Crippen LogP contribution in [0.4, 0.5) is 0 Å². The van der Waals surface area contributed by atoms with Gasteiger partial charge in [-0.25, -0.2) is 0 Å². The second kappa shape index (κ2) is 9.24. The molecule has 0 radical (unpaired) electrons. The zero-order chi connectivity index (χ0) is 28.2. The Morgan fingerprint density at radius 2 is 1.14 bits per heavy atom. The molecule has 0 fully saturated rings. The van der Waals surface area contributed by atoms with Crippen LogP contribution in [0.2, 0.25) is 0 Å². The third-order valence-electron chi connectivity index (χ3n) is 8.20. The molecule has 0 saturated carbocycles. The van der Waals surface area contributed by atoms with Crippen molar-refractivity contribution in [2.75, 3.05) is 0 Å². The summed E-state index contributed by atoms with van der Waals surface area (Å²) in [5.74, 6) is 0. The molecule has 194 valence electrons. The van der Waals surface area contributed by atoms with E-state index in [1.165, 1.54) is 0 Å². The monoisotopic (exact) mass is 534 g/mol. The summed E-state index contributed by atoms with van der Waals surface area (Å²) in [7, 11) is 0. The highest BCUT2D eigenvalue weighted by Crippen LogP contribution is 2.42. The first kappa shape index (κ1) is 23.8. The van der Waals surface area contributed by atoms with Crippen molar-refractivity contribution in [1.29, 1.82) is 10.5 Å². The van der Waals surface area contributed by atoms with Crippen LogP contribution in [-0.2, 0) is 0 Å². The maximum atomic E-state index is 10.3. The van der Waals surface area contributed by atoms with E-state index in [2.05, 4.69) is 106 Å². The minimum Gasteiger partial charge on any atom is -0.309 e. The molecule has 0 amide bonds. The Labute approximate surface area is 242 Å². The van der Waals surface area contributed by atoms with Crippen LogP contribution in [0.15, 0.2) is 133 Å². The SMILES string of the molecule is N#Cc1ccccc1-c1ccc(C#N)c(-n2c3ccccc3c3ccc4c(c5ccccc5n4-c4ccccc4)c32)c1. The average molecular weight is 535 g/mol. The minimum atomic E-state index is 0.569. The van der Waals surface area contributed by atoms with Crippen molar-refractivity contribution in [3.05, 3.63) is 145 Å². The molecule has 2 aromatic heterocycles. The number of benzene rings is 6. The van der Waals surface area contributed by atoms with Gasteiger partial charge in [0.1, 0.15) is 6.07 Å². The number of hydrogen-bond acceptors (Lipinski definition) is 2. The van der Waals surface area contributed by atoms with E-state index in [-0.39, 0.29) is 0 Å². The Bertz CT molecular complexity index is 2430. The van der Waals surface area contributed by atoms with Crippen molar-refractivity contribution in [2.45, 2.75) is 0 Å². The summed E-state index contributed by atoms with van der Waals surface area (Å²) in [6.07, 6.45) is 0. The van der Waals surface area contributed by atoms with Gasteiger partial charge in [0.05, 0.1) is 45.0 Å². The fraction of sp³-hybridized carbons (Fsp3) is 0. The maximum Gasteiger partial charge on any atom is 0.101 e. The molecule has 0 bridgehead atoms. The Morgan fingerprint density at radius 1 is 0.476 bits per heavy atom. The van der Waals surface area contributed by atoms with Crippen molar-refractivity contribution >= 4 is 43.6 Å². The summed E-state index contributed by atoms with van der Waals surface area (Å²) >= 11 is 0. The fourth-order valence-corrected chi connectivity index (χ4v) is 6.43. The Balaban J connectivity index is 1.57. The normalized spacial score (nSPS) is 11.3. The van der Waals surface area contributed by atoms with E-state index in [4.69, 9.17) is 0 Å². The van der Waals surface area contributed by atoms with Crippen LogP contribution in [0.3, 0.4) is 0 Å². The zero-order valence-corrected chi connectivity index (χ0v) is 22.5. The molecule has 0 aliphatic heterocycles. The summed E-state index contributed by atoms with van der Waals surface area (Å²) in [5.41, 5.74) is 9.10. The Hall–Kier alpha value is -6.10. The average Bonchev–Trinajstić information content (AvgIpc) is 3.57. The predicted octanol–water partition coefficient (Wildman–Crippen LogP) is 9.29. The lowest BCUT2D eigenvalue weighted by atomic mass is 9.98.